The summed E-state index contributed by atoms with van der Waals surface area (Å²) in [5.74, 6) is -1.65. The fourth-order valence-electron chi connectivity index (χ4n) is 2.40. The minimum Gasteiger partial charge on any atom is -0.494 e. The Balaban J connectivity index is 1.91. The third-order valence-corrected chi connectivity index (χ3v) is 5.61. The predicted molar refractivity (Wildman–Crippen MR) is 101 cm³/mol. The molecule has 0 unspecified atom stereocenters. The quantitative estimate of drug-likeness (QED) is 0.360. The summed E-state index contributed by atoms with van der Waals surface area (Å²) in [5, 5.41) is 0. The third-order valence-electron chi connectivity index (χ3n) is 3.87. The number of sulfone groups is 1. The Morgan fingerprint density at radius 2 is 1.64 bits per heavy atom. The number of Topliss-reactive ketones (excluding diaryl/α,β-unsaturated/α-hetero) is 1. The van der Waals surface area contributed by atoms with Gasteiger partial charge in [-0.05, 0) is 62.4 Å². The number of hydrogen-bond donors (Lipinski definition) is 0. The minimum atomic E-state index is -3.76. The molecule has 0 aliphatic heterocycles. The van der Waals surface area contributed by atoms with Crippen LogP contribution in [-0.4, -0.2) is 38.6 Å². The number of carbonyl (C=O) groups is 2. The van der Waals surface area contributed by atoms with E-state index in [1.807, 2.05) is 6.92 Å². The second-order valence-electron chi connectivity index (χ2n) is 5.98. The molecule has 0 saturated heterocycles. The van der Waals surface area contributed by atoms with E-state index >= 15 is 0 Å². The fourth-order valence-corrected chi connectivity index (χ4v) is 3.63. The van der Waals surface area contributed by atoms with Gasteiger partial charge in [0.05, 0.1) is 23.7 Å². The van der Waals surface area contributed by atoms with E-state index in [0.29, 0.717) is 17.9 Å². The Kier molecular flexibility index (Phi) is 7.28. The van der Waals surface area contributed by atoms with Crippen LogP contribution in [0.2, 0.25) is 0 Å². The first-order chi connectivity index (χ1) is 13.2. The van der Waals surface area contributed by atoms with Crippen molar-refractivity contribution in [2.45, 2.75) is 31.3 Å². The molecule has 0 aliphatic carbocycles. The van der Waals surface area contributed by atoms with Crippen molar-refractivity contribution in [3.63, 3.8) is 0 Å². The molecule has 6 nitrogen and oxygen atoms in total. The van der Waals surface area contributed by atoms with Gasteiger partial charge in [0.2, 0.25) is 5.78 Å². The molecule has 0 heterocycles. The average molecular weight is 408 g/mol. The van der Waals surface area contributed by atoms with Gasteiger partial charge in [-0.15, -0.1) is 0 Å². The van der Waals surface area contributed by atoms with Gasteiger partial charge in [-0.2, -0.15) is 0 Å². The molecule has 0 fully saturated rings. The molecule has 1 atom stereocenters. The Hall–Kier alpha value is -2.74. The van der Waals surface area contributed by atoms with E-state index in [0.717, 1.165) is 24.3 Å². The highest BCUT2D eigenvalue weighted by molar-refractivity contribution is 7.91. The number of ketones is 1. The van der Waals surface area contributed by atoms with Gasteiger partial charge in [0, 0.05) is 5.56 Å². The van der Waals surface area contributed by atoms with Crippen molar-refractivity contribution in [1.82, 2.24) is 0 Å². The first-order valence-electron chi connectivity index (χ1n) is 8.68. The normalized spacial score (nSPS) is 12.2. The monoisotopic (exact) mass is 408 g/mol. The molecule has 0 radical (unpaired) electrons. The van der Waals surface area contributed by atoms with E-state index in [4.69, 9.17) is 9.47 Å². The summed E-state index contributed by atoms with van der Waals surface area (Å²) in [4.78, 5) is 24.2. The summed E-state index contributed by atoms with van der Waals surface area (Å²) in [6.07, 6.45) is -1.47. The highest BCUT2D eigenvalue weighted by atomic mass is 32.2. The molecule has 0 amide bonds. The van der Waals surface area contributed by atoms with Gasteiger partial charge >= 0.3 is 5.97 Å². The molecule has 2 aromatic rings. The van der Waals surface area contributed by atoms with E-state index in [1.54, 1.807) is 24.3 Å². The average Bonchev–Trinajstić information content (AvgIpc) is 2.67. The van der Waals surface area contributed by atoms with Gasteiger partial charge in [0.1, 0.15) is 11.6 Å². The molecule has 0 bridgehead atoms. The van der Waals surface area contributed by atoms with Crippen LogP contribution in [-0.2, 0) is 19.4 Å². The number of esters is 1. The zero-order valence-corrected chi connectivity index (χ0v) is 16.4. The molecule has 0 aliphatic rings. The Bertz CT molecular complexity index is 920. The highest BCUT2D eigenvalue weighted by Crippen LogP contribution is 2.16. The van der Waals surface area contributed by atoms with Crippen molar-refractivity contribution in [3.8, 4) is 5.75 Å². The molecule has 8 heteroatoms. The number of hydrogen-bond acceptors (Lipinski definition) is 6. The third kappa shape index (κ3) is 5.88. The molecule has 0 N–H and O–H groups in total. The predicted octanol–water partition coefficient (Wildman–Crippen LogP) is 3.20. The molecule has 0 spiro atoms. The van der Waals surface area contributed by atoms with Crippen LogP contribution in [0, 0.1) is 5.82 Å². The maximum absolute atomic E-state index is 12.9. The molecule has 0 saturated carbocycles. The maximum Gasteiger partial charge on any atom is 0.307 e. The van der Waals surface area contributed by atoms with E-state index in [2.05, 4.69) is 0 Å². The molecule has 2 aromatic carbocycles. The number of ether oxygens (including phenoxy) is 2. The molecule has 0 aromatic heterocycles. The lowest BCUT2D eigenvalue weighted by atomic mass is 10.1. The van der Waals surface area contributed by atoms with Gasteiger partial charge < -0.3 is 9.47 Å². The fraction of sp³-hybridized carbons (Fsp3) is 0.300. The van der Waals surface area contributed by atoms with Crippen LogP contribution >= 0.6 is 0 Å². The van der Waals surface area contributed by atoms with Crippen molar-refractivity contribution >= 4 is 21.6 Å². The van der Waals surface area contributed by atoms with Crippen LogP contribution in [0.15, 0.2) is 53.4 Å². The zero-order valence-electron chi connectivity index (χ0n) is 15.6. The second kappa shape index (κ2) is 9.45. The van der Waals surface area contributed by atoms with Crippen molar-refractivity contribution in [3.05, 3.63) is 59.9 Å². The Morgan fingerprint density at radius 3 is 2.21 bits per heavy atom. The van der Waals surface area contributed by atoms with Crippen molar-refractivity contribution in [2.24, 2.45) is 0 Å². The minimum absolute atomic E-state index is 0.0831. The lowest BCUT2D eigenvalue weighted by Gasteiger charge is -2.13. The van der Waals surface area contributed by atoms with Gasteiger partial charge in [-0.1, -0.05) is 0 Å². The first kappa shape index (κ1) is 21.6. The molecular formula is C20H21FO6S. The number of benzene rings is 2. The maximum atomic E-state index is 12.9. The van der Waals surface area contributed by atoms with Crippen molar-refractivity contribution in [1.29, 1.82) is 0 Å². The summed E-state index contributed by atoms with van der Waals surface area (Å²) in [7, 11) is -3.76. The highest BCUT2D eigenvalue weighted by Gasteiger charge is 2.22. The van der Waals surface area contributed by atoms with Crippen molar-refractivity contribution in [2.75, 3.05) is 12.4 Å². The summed E-state index contributed by atoms with van der Waals surface area (Å²) in [6.45, 7) is 3.77. The lowest BCUT2D eigenvalue weighted by molar-refractivity contribution is -0.145. The standard InChI is InChI=1S/C20H21FO6S/c1-3-26-17-8-4-15(5-9-17)20(23)14(2)27-19(22)12-13-28(24,25)18-10-6-16(21)7-11-18/h4-11,14H,3,12-13H2,1-2H3/t14-/m0/s1. The summed E-state index contributed by atoms with van der Waals surface area (Å²) in [5.41, 5.74) is 0.350. The first-order valence-corrected chi connectivity index (χ1v) is 10.3. The number of carbonyl (C=O) groups excluding carboxylic acids is 2. The molecular weight excluding hydrogens is 387 g/mol. The van der Waals surface area contributed by atoms with E-state index in [9.17, 15) is 22.4 Å². The van der Waals surface area contributed by atoms with E-state index in [-0.39, 0.29) is 4.90 Å². The van der Waals surface area contributed by atoms with Crippen LogP contribution in [0.5, 0.6) is 5.75 Å². The summed E-state index contributed by atoms with van der Waals surface area (Å²) < 4.78 is 47.6. The second-order valence-corrected chi connectivity index (χ2v) is 8.09. The SMILES string of the molecule is CCOc1ccc(C(=O)[C@H](C)OC(=O)CCS(=O)(=O)c2ccc(F)cc2)cc1. The van der Waals surface area contributed by atoms with Crippen LogP contribution in [0.3, 0.4) is 0 Å². The van der Waals surface area contributed by atoms with Crippen molar-refractivity contribution < 1.29 is 31.9 Å². The Morgan fingerprint density at radius 1 is 1.04 bits per heavy atom. The zero-order chi connectivity index (χ0) is 20.7. The molecule has 2 rings (SSSR count). The number of halogens is 1. The van der Waals surface area contributed by atoms with Gasteiger partial charge in [0.25, 0.3) is 0 Å². The van der Waals surface area contributed by atoms with Crippen LogP contribution in [0.25, 0.3) is 0 Å². The number of rotatable bonds is 9. The van der Waals surface area contributed by atoms with Crippen LogP contribution in [0.1, 0.15) is 30.6 Å². The van der Waals surface area contributed by atoms with Gasteiger partial charge in [0.15, 0.2) is 15.9 Å². The van der Waals surface area contributed by atoms with Gasteiger partial charge in [-0.3, -0.25) is 9.59 Å². The largest absolute Gasteiger partial charge is 0.494 e. The Labute approximate surface area is 163 Å². The lowest BCUT2D eigenvalue weighted by Crippen LogP contribution is -2.25. The van der Waals surface area contributed by atoms with Crippen LogP contribution in [0.4, 0.5) is 4.39 Å². The van der Waals surface area contributed by atoms with Crippen LogP contribution < -0.4 is 4.74 Å². The van der Waals surface area contributed by atoms with E-state index in [1.165, 1.54) is 6.92 Å². The molecule has 150 valence electrons. The van der Waals surface area contributed by atoms with Gasteiger partial charge in [-0.25, -0.2) is 12.8 Å². The van der Waals surface area contributed by atoms with E-state index < -0.39 is 45.7 Å². The topological polar surface area (TPSA) is 86.7 Å². The summed E-state index contributed by atoms with van der Waals surface area (Å²) in [6, 6.07) is 10.7. The molecule has 28 heavy (non-hydrogen) atoms. The summed E-state index contributed by atoms with van der Waals surface area (Å²) >= 11 is 0. The smallest absolute Gasteiger partial charge is 0.307 e.